The number of ether oxygens (including phenoxy) is 2. The Morgan fingerprint density at radius 1 is 1.30 bits per heavy atom. The van der Waals surface area contributed by atoms with Crippen LogP contribution in [0.2, 0.25) is 0 Å². The Kier molecular flexibility index (Phi) is 5.80. The minimum Gasteiger partial charge on any atom is -0.468 e. The van der Waals surface area contributed by atoms with E-state index >= 15 is 0 Å². The summed E-state index contributed by atoms with van der Waals surface area (Å²) in [5, 5.41) is 0. The van der Waals surface area contributed by atoms with Gasteiger partial charge in [0.05, 0.1) is 12.7 Å². The van der Waals surface area contributed by atoms with Crippen LogP contribution in [0.1, 0.15) is 61.4 Å². The van der Waals surface area contributed by atoms with Crippen LogP contribution in [0.3, 0.4) is 0 Å². The van der Waals surface area contributed by atoms with E-state index in [1.807, 2.05) is 25.1 Å². The Morgan fingerprint density at radius 2 is 2.04 bits per heavy atom. The highest BCUT2D eigenvalue weighted by Gasteiger charge is 2.51. The lowest BCUT2D eigenvalue weighted by Gasteiger charge is -2.32. The molecule has 2 atom stereocenters. The maximum absolute atomic E-state index is 12.5. The molecule has 126 valence electrons. The summed E-state index contributed by atoms with van der Waals surface area (Å²) in [6.07, 6.45) is 4.56. The zero-order chi connectivity index (χ0) is 16.9. The molecule has 1 aliphatic carbocycles. The molecule has 0 amide bonds. The van der Waals surface area contributed by atoms with Crippen molar-refractivity contribution in [3.63, 3.8) is 0 Å². The average molecular weight is 318 g/mol. The predicted molar refractivity (Wildman–Crippen MR) is 88.2 cm³/mol. The first-order valence-electron chi connectivity index (χ1n) is 8.40. The third-order valence-electron chi connectivity index (χ3n) is 4.89. The molecule has 0 N–H and O–H groups in total. The molecule has 0 saturated heterocycles. The van der Waals surface area contributed by atoms with E-state index in [1.54, 1.807) is 6.07 Å². The fourth-order valence-electron chi connectivity index (χ4n) is 3.52. The van der Waals surface area contributed by atoms with E-state index in [0.717, 1.165) is 37.7 Å². The molecule has 0 radical (unpaired) electrons. The second-order valence-corrected chi connectivity index (χ2v) is 6.35. The molecule has 1 fully saturated rings. The number of rotatable bonds is 6. The molecule has 0 aliphatic heterocycles. The van der Waals surface area contributed by atoms with E-state index in [2.05, 4.69) is 6.92 Å². The van der Waals surface area contributed by atoms with E-state index in [4.69, 9.17) is 9.47 Å². The number of carbonyl (C=O) groups excluding carboxylic acids is 2. The number of benzene rings is 1. The molecule has 23 heavy (non-hydrogen) atoms. The topological polar surface area (TPSA) is 52.6 Å². The van der Waals surface area contributed by atoms with Crippen molar-refractivity contribution in [1.82, 2.24) is 0 Å². The van der Waals surface area contributed by atoms with E-state index in [9.17, 15) is 9.59 Å². The highest BCUT2D eigenvalue weighted by molar-refractivity contribution is 5.91. The number of aryl methyl sites for hydroxylation is 1. The molecular weight excluding hydrogens is 292 g/mol. The molecule has 1 aromatic rings. The standard InChI is InChI=1S/C19H26O4/c1-4-5-12-19(18(21)22-3)13-8-11-16(19)23-17(20)15-10-7-6-9-14(15)2/h6-7,9-10,16H,4-5,8,11-13H2,1-3H3. The van der Waals surface area contributed by atoms with Gasteiger partial charge in [-0.1, -0.05) is 38.0 Å². The van der Waals surface area contributed by atoms with Crippen LogP contribution in [0.15, 0.2) is 24.3 Å². The first kappa shape index (κ1) is 17.5. The third kappa shape index (κ3) is 3.57. The fraction of sp³-hybridized carbons (Fsp3) is 0.579. The van der Waals surface area contributed by atoms with Crippen molar-refractivity contribution in [2.24, 2.45) is 5.41 Å². The summed E-state index contributed by atoms with van der Waals surface area (Å²) in [5.41, 5.74) is 0.768. The SMILES string of the molecule is CCCCC1(C(=O)OC)CCCC1OC(=O)c1ccccc1C. The van der Waals surface area contributed by atoms with Crippen molar-refractivity contribution in [1.29, 1.82) is 0 Å². The van der Waals surface area contributed by atoms with Crippen LogP contribution in [-0.4, -0.2) is 25.2 Å². The first-order chi connectivity index (χ1) is 11.0. The van der Waals surface area contributed by atoms with E-state index in [0.29, 0.717) is 12.0 Å². The van der Waals surface area contributed by atoms with Crippen LogP contribution in [0.5, 0.6) is 0 Å². The normalized spacial score (nSPS) is 23.5. The molecule has 0 heterocycles. The van der Waals surface area contributed by atoms with Gasteiger partial charge in [-0.25, -0.2) is 4.79 Å². The summed E-state index contributed by atoms with van der Waals surface area (Å²) in [7, 11) is 1.41. The Hall–Kier alpha value is -1.84. The van der Waals surface area contributed by atoms with Crippen molar-refractivity contribution >= 4 is 11.9 Å². The Bertz CT molecular complexity index is 566. The molecule has 0 bridgehead atoms. The minimum atomic E-state index is -0.677. The number of carbonyl (C=O) groups is 2. The molecule has 0 spiro atoms. The van der Waals surface area contributed by atoms with Gasteiger partial charge in [-0.3, -0.25) is 4.79 Å². The lowest BCUT2D eigenvalue weighted by Crippen LogP contribution is -2.42. The van der Waals surface area contributed by atoms with Gasteiger partial charge in [0.25, 0.3) is 0 Å². The summed E-state index contributed by atoms with van der Waals surface area (Å²) >= 11 is 0. The quantitative estimate of drug-likeness (QED) is 0.742. The fourth-order valence-corrected chi connectivity index (χ4v) is 3.52. The van der Waals surface area contributed by atoms with Crippen LogP contribution in [0, 0.1) is 12.3 Å². The molecule has 1 saturated carbocycles. The molecule has 1 aromatic carbocycles. The smallest absolute Gasteiger partial charge is 0.338 e. The first-order valence-corrected chi connectivity index (χ1v) is 8.40. The van der Waals surface area contributed by atoms with Gasteiger partial charge in [0.1, 0.15) is 11.5 Å². The van der Waals surface area contributed by atoms with Crippen molar-refractivity contribution in [2.45, 2.75) is 58.5 Å². The van der Waals surface area contributed by atoms with Gasteiger partial charge < -0.3 is 9.47 Å². The van der Waals surface area contributed by atoms with Gasteiger partial charge in [-0.2, -0.15) is 0 Å². The number of unbranched alkanes of at least 4 members (excludes halogenated alkanes) is 1. The second-order valence-electron chi connectivity index (χ2n) is 6.35. The molecule has 4 nitrogen and oxygen atoms in total. The molecule has 2 rings (SSSR count). The minimum absolute atomic E-state index is 0.244. The van der Waals surface area contributed by atoms with Gasteiger partial charge in [0.15, 0.2) is 0 Å². The largest absolute Gasteiger partial charge is 0.468 e. The van der Waals surface area contributed by atoms with Crippen LogP contribution >= 0.6 is 0 Å². The average Bonchev–Trinajstić information content (AvgIpc) is 2.96. The summed E-state index contributed by atoms with van der Waals surface area (Å²) in [4.78, 5) is 24.9. The van der Waals surface area contributed by atoms with Crippen molar-refractivity contribution in [3.05, 3.63) is 35.4 Å². The number of methoxy groups -OCH3 is 1. The zero-order valence-electron chi connectivity index (χ0n) is 14.3. The lowest BCUT2D eigenvalue weighted by atomic mass is 9.79. The van der Waals surface area contributed by atoms with Crippen LogP contribution in [0.4, 0.5) is 0 Å². The van der Waals surface area contributed by atoms with Crippen LogP contribution in [-0.2, 0) is 14.3 Å². The number of hydrogen-bond acceptors (Lipinski definition) is 4. The molecule has 0 aromatic heterocycles. The van der Waals surface area contributed by atoms with Crippen molar-refractivity contribution < 1.29 is 19.1 Å². The Morgan fingerprint density at radius 3 is 2.70 bits per heavy atom. The van der Waals surface area contributed by atoms with Crippen LogP contribution in [0.25, 0.3) is 0 Å². The van der Waals surface area contributed by atoms with Crippen molar-refractivity contribution in [3.8, 4) is 0 Å². The van der Waals surface area contributed by atoms with E-state index in [1.165, 1.54) is 7.11 Å². The molecular formula is C19H26O4. The lowest BCUT2D eigenvalue weighted by molar-refractivity contribution is -0.159. The van der Waals surface area contributed by atoms with Gasteiger partial charge >= 0.3 is 11.9 Å². The number of esters is 2. The zero-order valence-corrected chi connectivity index (χ0v) is 14.3. The van der Waals surface area contributed by atoms with Crippen molar-refractivity contribution in [2.75, 3.05) is 7.11 Å². The van der Waals surface area contributed by atoms with Gasteiger partial charge in [0, 0.05) is 0 Å². The Balaban J connectivity index is 2.20. The van der Waals surface area contributed by atoms with Gasteiger partial charge in [-0.05, 0) is 44.2 Å². The molecule has 2 unspecified atom stereocenters. The van der Waals surface area contributed by atoms with E-state index < -0.39 is 11.5 Å². The van der Waals surface area contributed by atoms with Gasteiger partial charge in [-0.15, -0.1) is 0 Å². The maximum Gasteiger partial charge on any atom is 0.338 e. The maximum atomic E-state index is 12.5. The van der Waals surface area contributed by atoms with Crippen LogP contribution < -0.4 is 0 Å². The highest BCUT2D eigenvalue weighted by atomic mass is 16.6. The second kappa shape index (κ2) is 7.62. The van der Waals surface area contributed by atoms with E-state index in [-0.39, 0.29) is 11.9 Å². The summed E-state index contributed by atoms with van der Waals surface area (Å²) in [6.45, 7) is 3.98. The number of hydrogen-bond donors (Lipinski definition) is 0. The molecule has 4 heteroatoms. The highest BCUT2D eigenvalue weighted by Crippen LogP contribution is 2.45. The predicted octanol–water partition coefficient (Wildman–Crippen LogP) is 4.05. The summed E-state index contributed by atoms with van der Waals surface area (Å²) < 4.78 is 10.8. The summed E-state index contributed by atoms with van der Waals surface area (Å²) in [5.74, 6) is -0.592. The van der Waals surface area contributed by atoms with Gasteiger partial charge in [0.2, 0.25) is 0 Å². The third-order valence-corrected chi connectivity index (χ3v) is 4.89. The summed E-state index contributed by atoms with van der Waals surface area (Å²) in [6, 6.07) is 7.36. The molecule has 1 aliphatic rings. The Labute approximate surface area is 138 Å². The monoisotopic (exact) mass is 318 g/mol.